The molecule has 0 aliphatic rings. The summed E-state index contributed by atoms with van der Waals surface area (Å²) in [5.74, 6) is 0. The van der Waals surface area contributed by atoms with Gasteiger partial charge in [-0.15, -0.1) is 0 Å². The van der Waals surface area contributed by atoms with E-state index in [2.05, 4.69) is 27.7 Å². The van der Waals surface area contributed by atoms with E-state index < -0.39 is 5.60 Å². The molecule has 0 aliphatic carbocycles. The Hall–Kier alpha value is -0.100. The van der Waals surface area contributed by atoms with E-state index in [0.29, 0.717) is 6.54 Å². The number of rotatable bonds is 2. The minimum Gasteiger partial charge on any atom is -0.389 e. The molecule has 1 rings (SSSR count). The number of nitrogens with zero attached hydrogens (tertiary/aromatic N) is 2. The van der Waals surface area contributed by atoms with Crippen molar-refractivity contribution in [1.29, 1.82) is 0 Å². The molecule has 0 saturated carbocycles. The van der Waals surface area contributed by atoms with Crippen molar-refractivity contribution < 1.29 is 5.11 Å². The number of hydrogen-bond donors (Lipinski definition) is 1. The number of hydrogen-bond acceptors (Lipinski definition) is 2. The van der Waals surface area contributed by atoms with Crippen molar-refractivity contribution in [2.75, 3.05) is 0 Å². The van der Waals surface area contributed by atoms with E-state index in [1.54, 1.807) is 24.7 Å². The van der Waals surface area contributed by atoms with Crippen LogP contribution in [0.3, 0.4) is 0 Å². The van der Waals surface area contributed by atoms with Crippen LogP contribution in [0.15, 0.2) is 12.4 Å². The number of aliphatic hydroxyl groups is 1. The molecule has 0 radical (unpaired) electrons. The minimum absolute atomic E-state index is 0.538. The molecular formula is C7H11IN2O. The second-order valence-electron chi connectivity index (χ2n) is 3.17. The van der Waals surface area contributed by atoms with E-state index in [0.717, 1.165) is 3.57 Å². The average Bonchev–Trinajstić information content (AvgIpc) is 2.10. The smallest absolute Gasteiger partial charge is 0.0786 e. The summed E-state index contributed by atoms with van der Waals surface area (Å²) >= 11 is 2.19. The van der Waals surface area contributed by atoms with Crippen molar-refractivity contribution >= 4 is 22.6 Å². The van der Waals surface area contributed by atoms with Gasteiger partial charge in [0.1, 0.15) is 0 Å². The SMILES string of the molecule is CC(C)(O)Cn1cc(I)cn1. The first kappa shape index (κ1) is 8.99. The van der Waals surface area contributed by atoms with E-state index in [9.17, 15) is 5.11 Å². The molecule has 1 N–H and O–H groups in total. The lowest BCUT2D eigenvalue weighted by Crippen LogP contribution is -2.26. The third-order valence-electron chi connectivity index (χ3n) is 1.15. The van der Waals surface area contributed by atoms with Gasteiger partial charge in [-0.3, -0.25) is 4.68 Å². The van der Waals surface area contributed by atoms with E-state index in [1.807, 2.05) is 6.20 Å². The van der Waals surface area contributed by atoms with Crippen LogP contribution in [0.5, 0.6) is 0 Å². The molecule has 0 aliphatic heterocycles. The van der Waals surface area contributed by atoms with Crippen LogP contribution in [0.4, 0.5) is 0 Å². The normalized spacial score (nSPS) is 12.0. The van der Waals surface area contributed by atoms with Gasteiger partial charge >= 0.3 is 0 Å². The van der Waals surface area contributed by atoms with Gasteiger partial charge in [-0.1, -0.05) is 0 Å². The Morgan fingerprint density at radius 1 is 1.73 bits per heavy atom. The van der Waals surface area contributed by atoms with E-state index in [1.165, 1.54) is 0 Å². The van der Waals surface area contributed by atoms with Crippen LogP contribution >= 0.6 is 22.6 Å². The zero-order chi connectivity index (χ0) is 8.48. The summed E-state index contributed by atoms with van der Waals surface area (Å²) in [6.07, 6.45) is 3.67. The van der Waals surface area contributed by atoms with E-state index >= 15 is 0 Å². The summed E-state index contributed by atoms with van der Waals surface area (Å²) < 4.78 is 2.83. The molecule has 3 nitrogen and oxygen atoms in total. The fourth-order valence-electron chi connectivity index (χ4n) is 0.821. The second kappa shape index (κ2) is 3.10. The third kappa shape index (κ3) is 3.20. The Morgan fingerprint density at radius 2 is 2.36 bits per heavy atom. The minimum atomic E-state index is -0.685. The molecule has 0 amide bonds. The van der Waals surface area contributed by atoms with E-state index in [-0.39, 0.29) is 0 Å². The van der Waals surface area contributed by atoms with Crippen molar-refractivity contribution in [2.45, 2.75) is 26.0 Å². The maximum atomic E-state index is 9.42. The first-order valence-corrected chi connectivity index (χ1v) is 4.45. The fourth-order valence-corrected chi connectivity index (χ4v) is 1.27. The maximum absolute atomic E-state index is 9.42. The summed E-state index contributed by atoms with van der Waals surface area (Å²) in [5.41, 5.74) is -0.685. The van der Waals surface area contributed by atoms with Crippen molar-refractivity contribution in [3.05, 3.63) is 16.0 Å². The van der Waals surface area contributed by atoms with Crippen molar-refractivity contribution in [2.24, 2.45) is 0 Å². The predicted molar refractivity (Wildman–Crippen MR) is 51.2 cm³/mol. The molecule has 0 saturated heterocycles. The second-order valence-corrected chi connectivity index (χ2v) is 4.41. The molecule has 0 spiro atoms. The van der Waals surface area contributed by atoms with Gasteiger partial charge in [0.2, 0.25) is 0 Å². The van der Waals surface area contributed by atoms with E-state index in [4.69, 9.17) is 0 Å². The van der Waals surface area contributed by atoms with Gasteiger partial charge in [-0.05, 0) is 36.4 Å². The predicted octanol–water partition coefficient (Wildman–Crippen LogP) is 1.26. The Kier molecular flexibility index (Phi) is 2.54. The lowest BCUT2D eigenvalue weighted by Gasteiger charge is -2.16. The quantitative estimate of drug-likeness (QED) is 0.818. The highest BCUT2D eigenvalue weighted by molar-refractivity contribution is 14.1. The van der Waals surface area contributed by atoms with Crippen molar-refractivity contribution in [3.8, 4) is 0 Å². The molecule has 11 heavy (non-hydrogen) atoms. The summed E-state index contributed by atoms with van der Waals surface area (Å²) in [5, 5.41) is 13.5. The van der Waals surface area contributed by atoms with Crippen LogP contribution in [0.1, 0.15) is 13.8 Å². The number of aromatic nitrogens is 2. The lowest BCUT2D eigenvalue weighted by molar-refractivity contribution is 0.0577. The molecule has 62 valence electrons. The monoisotopic (exact) mass is 266 g/mol. The van der Waals surface area contributed by atoms with Gasteiger partial charge in [0, 0.05) is 6.20 Å². The zero-order valence-corrected chi connectivity index (χ0v) is 8.74. The summed E-state index contributed by atoms with van der Waals surface area (Å²) in [6, 6.07) is 0. The zero-order valence-electron chi connectivity index (χ0n) is 6.58. The van der Waals surface area contributed by atoms with Gasteiger partial charge < -0.3 is 5.11 Å². The fraction of sp³-hybridized carbons (Fsp3) is 0.571. The Morgan fingerprint density at radius 3 is 2.73 bits per heavy atom. The maximum Gasteiger partial charge on any atom is 0.0786 e. The Bertz CT molecular complexity index is 239. The summed E-state index contributed by atoms with van der Waals surface area (Å²) in [7, 11) is 0. The van der Waals surface area contributed by atoms with Crippen LogP contribution in [0.2, 0.25) is 0 Å². The molecule has 1 aromatic heterocycles. The largest absolute Gasteiger partial charge is 0.389 e. The van der Waals surface area contributed by atoms with Crippen molar-refractivity contribution in [1.82, 2.24) is 9.78 Å². The van der Waals surface area contributed by atoms with Gasteiger partial charge in [-0.2, -0.15) is 5.10 Å². The van der Waals surface area contributed by atoms with Gasteiger partial charge in [-0.25, -0.2) is 0 Å². The topological polar surface area (TPSA) is 38.0 Å². The van der Waals surface area contributed by atoms with Gasteiger partial charge in [0.15, 0.2) is 0 Å². The molecule has 0 bridgehead atoms. The lowest BCUT2D eigenvalue weighted by atomic mass is 10.1. The Labute approximate surface area is 79.6 Å². The molecule has 4 heteroatoms. The highest BCUT2D eigenvalue weighted by atomic mass is 127. The summed E-state index contributed by atoms with van der Waals surface area (Å²) in [4.78, 5) is 0. The molecule has 0 unspecified atom stereocenters. The van der Waals surface area contributed by atoms with Crippen LogP contribution in [0, 0.1) is 3.57 Å². The van der Waals surface area contributed by atoms with Gasteiger partial charge in [0.05, 0.1) is 21.9 Å². The standard InChI is InChI=1S/C7H11IN2O/c1-7(2,11)5-10-4-6(8)3-9-10/h3-4,11H,5H2,1-2H3. The average molecular weight is 266 g/mol. The third-order valence-corrected chi connectivity index (χ3v) is 1.71. The van der Waals surface area contributed by atoms with Crippen LogP contribution in [0.25, 0.3) is 0 Å². The van der Waals surface area contributed by atoms with Crippen LogP contribution in [-0.2, 0) is 6.54 Å². The van der Waals surface area contributed by atoms with Crippen LogP contribution < -0.4 is 0 Å². The van der Waals surface area contributed by atoms with Gasteiger partial charge in [0.25, 0.3) is 0 Å². The number of halogens is 1. The van der Waals surface area contributed by atoms with Crippen molar-refractivity contribution in [3.63, 3.8) is 0 Å². The molecule has 1 heterocycles. The summed E-state index contributed by atoms with van der Waals surface area (Å²) in [6.45, 7) is 4.07. The molecule has 0 aromatic carbocycles. The highest BCUT2D eigenvalue weighted by Gasteiger charge is 2.13. The van der Waals surface area contributed by atoms with Crippen LogP contribution in [-0.4, -0.2) is 20.5 Å². The highest BCUT2D eigenvalue weighted by Crippen LogP contribution is 2.07. The Balaban J connectivity index is 2.65. The molecule has 0 atom stereocenters. The molecule has 1 aromatic rings. The first-order chi connectivity index (χ1) is 4.97. The molecule has 0 fully saturated rings. The first-order valence-electron chi connectivity index (χ1n) is 3.38. The molecular weight excluding hydrogens is 255 g/mol.